The molecule has 0 aliphatic carbocycles. The first-order chi connectivity index (χ1) is 13.7. The molecule has 0 N–H and O–H groups in total. The summed E-state index contributed by atoms with van der Waals surface area (Å²) in [5, 5.41) is 0. The third kappa shape index (κ3) is 2.91. The van der Waals surface area contributed by atoms with Crippen molar-refractivity contribution in [3.05, 3.63) is 59.9 Å². The summed E-state index contributed by atoms with van der Waals surface area (Å²) < 4.78 is 13.0. The number of fused-ring (bicyclic) bond motifs is 2. The van der Waals surface area contributed by atoms with Gasteiger partial charge in [-0.05, 0) is 49.2 Å². The fourth-order valence-electron chi connectivity index (χ4n) is 4.07. The van der Waals surface area contributed by atoms with Gasteiger partial charge in [0.2, 0.25) is 12.7 Å². The molecule has 1 unspecified atom stereocenters. The van der Waals surface area contributed by atoms with Gasteiger partial charge in [0.1, 0.15) is 5.82 Å². The van der Waals surface area contributed by atoms with Gasteiger partial charge in [-0.25, -0.2) is 4.98 Å². The Balaban J connectivity index is 1.30. The number of rotatable bonds is 3. The minimum Gasteiger partial charge on any atom is -0.454 e. The molecule has 1 amide bonds. The summed E-state index contributed by atoms with van der Waals surface area (Å²) >= 11 is 0. The van der Waals surface area contributed by atoms with Gasteiger partial charge in [0.05, 0.1) is 17.1 Å². The highest BCUT2D eigenvalue weighted by Crippen LogP contribution is 2.33. The first-order valence-electron chi connectivity index (χ1n) is 9.49. The Hall–Kier alpha value is -3.28. The second-order valence-electron chi connectivity index (χ2n) is 7.19. The van der Waals surface area contributed by atoms with Crippen LogP contribution in [0.3, 0.4) is 0 Å². The Morgan fingerprint density at radius 1 is 1.18 bits per heavy atom. The van der Waals surface area contributed by atoms with Gasteiger partial charge in [-0.15, -0.1) is 0 Å². The SMILES string of the molecule is Cc1nc2ccccc2n1C1CCN(C(=O)C=Cc2ccc3c(c2)OCO3)C1. The summed E-state index contributed by atoms with van der Waals surface area (Å²) in [5.74, 6) is 2.49. The molecule has 6 heteroatoms. The second-order valence-corrected chi connectivity index (χ2v) is 7.19. The third-order valence-electron chi connectivity index (χ3n) is 5.43. The molecule has 0 bridgehead atoms. The van der Waals surface area contributed by atoms with Crippen LogP contribution in [0.25, 0.3) is 17.1 Å². The van der Waals surface area contributed by atoms with Crippen molar-refractivity contribution in [1.82, 2.24) is 14.5 Å². The number of hydrogen-bond acceptors (Lipinski definition) is 4. The molecular weight excluding hydrogens is 354 g/mol. The van der Waals surface area contributed by atoms with Crippen LogP contribution in [0, 0.1) is 6.92 Å². The predicted octanol–water partition coefficient (Wildman–Crippen LogP) is 3.56. The molecule has 1 atom stereocenters. The zero-order valence-corrected chi connectivity index (χ0v) is 15.7. The number of carbonyl (C=O) groups is 1. The van der Waals surface area contributed by atoms with E-state index in [1.54, 1.807) is 6.08 Å². The Bertz CT molecular complexity index is 1090. The van der Waals surface area contributed by atoms with E-state index in [9.17, 15) is 4.79 Å². The number of aromatic nitrogens is 2. The van der Waals surface area contributed by atoms with Crippen molar-refractivity contribution in [3.8, 4) is 11.5 Å². The van der Waals surface area contributed by atoms with Crippen LogP contribution >= 0.6 is 0 Å². The summed E-state index contributed by atoms with van der Waals surface area (Å²) in [4.78, 5) is 19.2. The van der Waals surface area contributed by atoms with Crippen LogP contribution in [0.4, 0.5) is 0 Å². The molecule has 3 heterocycles. The zero-order chi connectivity index (χ0) is 19.1. The number of para-hydroxylation sites is 2. The number of nitrogens with zero attached hydrogens (tertiary/aromatic N) is 3. The predicted molar refractivity (Wildman–Crippen MR) is 106 cm³/mol. The Morgan fingerprint density at radius 2 is 2.04 bits per heavy atom. The van der Waals surface area contributed by atoms with E-state index in [1.165, 1.54) is 0 Å². The number of imidazole rings is 1. The van der Waals surface area contributed by atoms with Gasteiger partial charge in [0.25, 0.3) is 0 Å². The fourth-order valence-corrected chi connectivity index (χ4v) is 4.07. The summed E-state index contributed by atoms with van der Waals surface area (Å²) in [6, 6.07) is 14.1. The van der Waals surface area contributed by atoms with E-state index in [1.807, 2.05) is 54.3 Å². The zero-order valence-electron chi connectivity index (χ0n) is 15.7. The maximum absolute atomic E-state index is 12.7. The first-order valence-corrected chi connectivity index (χ1v) is 9.49. The molecule has 1 fully saturated rings. The highest BCUT2D eigenvalue weighted by molar-refractivity contribution is 5.92. The monoisotopic (exact) mass is 375 g/mol. The summed E-state index contributed by atoms with van der Waals surface area (Å²) in [6.07, 6.45) is 4.40. The van der Waals surface area contributed by atoms with Crippen molar-refractivity contribution >= 4 is 23.0 Å². The lowest BCUT2D eigenvalue weighted by atomic mass is 10.2. The van der Waals surface area contributed by atoms with E-state index in [2.05, 4.69) is 15.6 Å². The molecule has 0 radical (unpaired) electrons. The third-order valence-corrected chi connectivity index (χ3v) is 5.43. The number of ether oxygens (including phenoxy) is 2. The van der Waals surface area contributed by atoms with Crippen LogP contribution < -0.4 is 9.47 Å². The van der Waals surface area contributed by atoms with Gasteiger partial charge >= 0.3 is 0 Å². The van der Waals surface area contributed by atoms with Crippen molar-refractivity contribution in [1.29, 1.82) is 0 Å². The molecule has 142 valence electrons. The maximum Gasteiger partial charge on any atom is 0.246 e. The number of likely N-dealkylation sites (tertiary alicyclic amines) is 1. The minimum absolute atomic E-state index is 0.0299. The standard InChI is InChI=1S/C22H21N3O3/c1-15-23-18-4-2-3-5-19(18)25(15)17-10-11-24(13-17)22(26)9-7-16-6-8-20-21(12-16)28-14-27-20/h2-9,12,17H,10-11,13-14H2,1H3. The van der Waals surface area contributed by atoms with Crippen molar-refractivity contribution in [2.75, 3.05) is 19.9 Å². The quantitative estimate of drug-likeness (QED) is 0.657. The lowest BCUT2D eigenvalue weighted by Gasteiger charge is -2.17. The molecule has 3 aromatic rings. The highest BCUT2D eigenvalue weighted by Gasteiger charge is 2.28. The molecular formula is C22H21N3O3. The minimum atomic E-state index is 0.0299. The first kappa shape index (κ1) is 16.9. The molecule has 1 saturated heterocycles. The number of amides is 1. The van der Waals surface area contributed by atoms with E-state index in [4.69, 9.17) is 9.47 Å². The fraction of sp³-hybridized carbons (Fsp3) is 0.273. The van der Waals surface area contributed by atoms with Crippen molar-refractivity contribution in [2.45, 2.75) is 19.4 Å². The summed E-state index contributed by atoms with van der Waals surface area (Å²) in [7, 11) is 0. The van der Waals surface area contributed by atoms with Crippen LogP contribution in [-0.2, 0) is 4.79 Å². The Morgan fingerprint density at radius 3 is 2.96 bits per heavy atom. The average Bonchev–Trinajstić information content (AvgIpc) is 3.42. The van der Waals surface area contributed by atoms with E-state index in [0.717, 1.165) is 46.9 Å². The second kappa shape index (κ2) is 6.71. The highest BCUT2D eigenvalue weighted by atomic mass is 16.7. The van der Waals surface area contributed by atoms with E-state index in [0.29, 0.717) is 6.54 Å². The van der Waals surface area contributed by atoms with Crippen LogP contribution in [0.2, 0.25) is 0 Å². The molecule has 28 heavy (non-hydrogen) atoms. The van der Waals surface area contributed by atoms with E-state index in [-0.39, 0.29) is 18.7 Å². The molecule has 1 aromatic heterocycles. The lowest BCUT2D eigenvalue weighted by molar-refractivity contribution is -0.125. The smallest absolute Gasteiger partial charge is 0.246 e. The summed E-state index contributed by atoms with van der Waals surface area (Å²) in [6.45, 7) is 3.73. The average molecular weight is 375 g/mol. The van der Waals surface area contributed by atoms with Crippen LogP contribution in [0.5, 0.6) is 11.5 Å². The number of aryl methyl sites for hydroxylation is 1. The molecule has 6 nitrogen and oxygen atoms in total. The van der Waals surface area contributed by atoms with Crippen LogP contribution in [0.15, 0.2) is 48.5 Å². The van der Waals surface area contributed by atoms with Gasteiger partial charge in [0, 0.05) is 19.2 Å². The normalized spacial score (nSPS) is 18.5. The Labute approximate surface area is 163 Å². The Kier molecular flexibility index (Phi) is 4.04. The molecule has 2 aliphatic rings. The van der Waals surface area contributed by atoms with Crippen molar-refractivity contribution in [3.63, 3.8) is 0 Å². The molecule has 5 rings (SSSR count). The van der Waals surface area contributed by atoms with Crippen LogP contribution in [-0.4, -0.2) is 40.2 Å². The topological polar surface area (TPSA) is 56.6 Å². The van der Waals surface area contributed by atoms with Gasteiger partial charge in [-0.2, -0.15) is 0 Å². The maximum atomic E-state index is 12.7. The van der Waals surface area contributed by atoms with Gasteiger partial charge < -0.3 is 18.9 Å². The number of hydrogen-bond donors (Lipinski definition) is 0. The number of carbonyl (C=O) groups excluding carboxylic acids is 1. The molecule has 0 saturated carbocycles. The van der Waals surface area contributed by atoms with Gasteiger partial charge in [0.15, 0.2) is 11.5 Å². The lowest BCUT2D eigenvalue weighted by Crippen LogP contribution is -2.27. The van der Waals surface area contributed by atoms with Crippen LogP contribution in [0.1, 0.15) is 23.9 Å². The van der Waals surface area contributed by atoms with E-state index < -0.39 is 0 Å². The van der Waals surface area contributed by atoms with Crippen molar-refractivity contribution < 1.29 is 14.3 Å². The molecule has 0 spiro atoms. The van der Waals surface area contributed by atoms with Crippen molar-refractivity contribution in [2.24, 2.45) is 0 Å². The van der Waals surface area contributed by atoms with Gasteiger partial charge in [-0.3, -0.25) is 4.79 Å². The molecule has 2 aromatic carbocycles. The largest absolute Gasteiger partial charge is 0.454 e. The number of benzene rings is 2. The molecule has 2 aliphatic heterocycles. The summed E-state index contributed by atoms with van der Waals surface area (Å²) in [5.41, 5.74) is 3.06. The van der Waals surface area contributed by atoms with E-state index >= 15 is 0 Å². The van der Waals surface area contributed by atoms with Gasteiger partial charge in [-0.1, -0.05) is 18.2 Å².